The molecule has 1 aromatic carbocycles. The summed E-state index contributed by atoms with van der Waals surface area (Å²) in [4.78, 5) is 0. The fourth-order valence-corrected chi connectivity index (χ4v) is 2.16. The first-order chi connectivity index (χ1) is 7.59. The van der Waals surface area contributed by atoms with Crippen molar-refractivity contribution in [3.63, 3.8) is 0 Å². The van der Waals surface area contributed by atoms with E-state index < -0.39 is 0 Å². The van der Waals surface area contributed by atoms with Gasteiger partial charge in [-0.05, 0) is 51.5 Å². The van der Waals surface area contributed by atoms with Gasteiger partial charge in [-0.1, -0.05) is 15.9 Å². The van der Waals surface area contributed by atoms with Gasteiger partial charge in [0.2, 0.25) is 0 Å². The van der Waals surface area contributed by atoms with Crippen LogP contribution in [0.1, 0.15) is 18.1 Å². The van der Waals surface area contributed by atoms with Crippen LogP contribution in [-0.4, -0.2) is 20.2 Å². The van der Waals surface area contributed by atoms with Crippen LogP contribution >= 0.6 is 43.5 Å². The van der Waals surface area contributed by atoms with Gasteiger partial charge in [-0.2, -0.15) is 4.68 Å². The summed E-state index contributed by atoms with van der Waals surface area (Å²) < 4.78 is 3.47. The Balaban J connectivity index is 2.58. The predicted molar refractivity (Wildman–Crippen MR) is 68.8 cm³/mol. The lowest BCUT2D eigenvalue weighted by atomic mass is 10.3. The molecule has 0 amide bonds. The zero-order chi connectivity index (χ0) is 11.7. The summed E-state index contributed by atoms with van der Waals surface area (Å²) in [5.41, 5.74) is 0.849. The largest absolute Gasteiger partial charge is 0.195 e. The molecule has 2 aromatic rings. The minimum atomic E-state index is -0.249. The molecule has 4 nitrogen and oxygen atoms in total. The Morgan fingerprint density at radius 2 is 2.12 bits per heavy atom. The van der Waals surface area contributed by atoms with Gasteiger partial charge < -0.3 is 0 Å². The van der Waals surface area contributed by atoms with E-state index in [1.54, 1.807) is 4.68 Å². The van der Waals surface area contributed by atoms with Crippen molar-refractivity contribution in [1.29, 1.82) is 0 Å². The lowest BCUT2D eigenvalue weighted by Gasteiger charge is -2.08. The van der Waals surface area contributed by atoms with Gasteiger partial charge in [-0.3, -0.25) is 0 Å². The molecule has 7 heteroatoms. The second-order valence-corrected chi connectivity index (χ2v) is 5.59. The molecule has 0 aliphatic rings. The van der Waals surface area contributed by atoms with E-state index in [4.69, 9.17) is 11.6 Å². The molecule has 0 saturated carbocycles. The van der Waals surface area contributed by atoms with E-state index in [0.717, 1.165) is 14.6 Å². The van der Waals surface area contributed by atoms with Gasteiger partial charge in [0, 0.05) is 8.95 Å². The van der Waals surface area contributed by atoms with Crippen LogP contribution in [0, 0.1) is 0 Å². The Labute approximate surface area is 114 Å². The summed E-state index contributed by atoms with van der Waals surface area (Å²) in [5.74, 6) is 0.612. The summed E-state index contributed by atoms with van der Waals surface area (Å²) in [6.07, 6.45) is 0. The maximum absolute atomic E-state index is 6.00. The van der Waals surface area contributed by atoms with Crippen LogP contribution in [0.2, 0.25) is 0 Å². The van der Waals surface area contributed by atoms with Crippen LogP contribution in [0.3, 0.4) is 0 Å². The molecule has 0 fully saturated rings. The molecule has 1 heterocycles. The molecule has 1 aromatic heterocycles. The van der Waals surface area contributed by atoms with E-state index in [1.165, 1.54) is 0 Å². The molecule has 1 atom stereocenters. The van der Waals surface area contributed by atoms with Crippen molar-refractivity contribution >= 4 is 43.5 Å². The Morgan fingerprint density at radius 1 is 1.38 bits per heavy atom. The predicted octanol–water partition coefficient (Wildman–Crippen LogP) is 3.49. The second kappa shape index (κ2) is 4.81. The molecule has 1 unspecified atom stereocenters. The molecule has 0 bridgehead atoms. The maximum Gasteiger partial charge on any atom is 0.174 e. The van der Waals surface area contributed by atoms with Gasteiger partial charge >= 0.3 is 0 Å². The number of tetrazole rings is 1. The lowest BCUT2D eigenvalue weighted by Crippen LogP contribution is -2.04. The van der Waals surface area contributed by atoms with Crippen LogP contribution in [0.5, 0.6) is 0 Å². The number of halogens is 3. The molecule has 16 heavy (non-hydrogen) atoms. The molecule has 0 radical (unpaired) electrons. The molecule has 0 saturated heterocycles. The summed E-state index contributed by atoms with van der Waals surface area (Å²) in [5, 5.41) is 11.2. The van der Waals surface area contributed by atoms with E-state index in [-0.39, 0.29) is 5.38 Å². The van der Waals surface area contributed by atoms with E-state index >= 15 is 0 Å². The van der Waals surface area contributed by atoms with Gasteiger partial charge in [0.15, 0.2) is 5.82 Å². The fraction of sp³-hybridized carbons (Fsp3) is 0.222. The molecular weight excluding hydrogens is 359 g/mol. The zero-order valence-corrected chi connectivity index (χ0v) is 12.2. The van der Waals surface area contributed by atoms with Crippen LogP contribution < -0.4 is 0 Å². The van der Waals surface area contributed by atoms with E-state index in [2.05, 4.69) is 47.4 Å². The highest BCUT2D eigenvalue weighted by molar-refractivity contribution is 9.11. The van der Waals surface area contributed by atoms with Gasteiger partial charge in [0.05, 0.1) is 11.1 Å². The Kier molecular flexibility index (Phi) is 3.61. The quantitative estimate of drug-likeness (QED) is 0.764. The first kappa shape index (κ1) is 12.0. The lowest BCUT2D eigenvalue weighted by molar-refractivity contribution is 0.758. The summed E-state index contributed by atoms with van der Waals surface area (Å²) in [7, 11) is 0. The summed E-state index contributed by atoms with van der Waals surface area (Å²) in [6, 6.07) is 5.77. The van der Waals surface area contributed by atoms with Gasteiger partial charge in [0.1, 0.15) is 0 Å². The number of nitrogens with zero attached hydrogens (tertiary/aromatic N) is 4. The Morgan fingerprint density at radius 3 is 2.81 bits per heavy atom. The van der Waals surface area contributed by atoms with Crippen molar-refractivity contribution in [1.82, 2.24) is 20.2 Å². The van der Waals surface area contributed by atoms with Crippen LogP contribution in [0.15, 0.2) is 27.1 Å². The summed E-state index contributed by atoms with van der Waals surface area (Å²) >= 11 is 12.9. The standard InChI is InChI=1S/C9H7Br2ClN4/c1-5(12)9-13-14-15-16(9)8-4-6(10)2-3-7(8)11/h2-5H,1H3. The van der Waals surface area contributed by atoms with Gasteiger partial charge in [-0.15, -0.1) is 16.7 Å². The number of aromatic nitrogens is 4. The molecule has 84 valence electrons. The van der Waals surface area contributed by atoms with E-state index in [9.17, 15) is 0 Å². The third-order valence-electron chi connectivity index (χ3n) is 1.99. The third-order valence-corrected chi connectivity index (χ3v) is 3.34. The fourth-order valence-electron chi connectivity index (χ4n) is 1.26. The van der Waals surface area contributed by atoms with Crippen LogP contribution in [0.25, 0.3) is 5.69 Å². The van der Waals surface area contributed by atoms with Crippen molar-refractivity contribution in [3.8, 4) is 5.69 Å². The minimum Gasteiger partial charge on any atom is -0.195 e. The highest BCUT2D eigenvalue weighted by Crippen LogP contribution is 2.27. The molecular formula is C9H7Br2ClN4. The van der Waals surface area contributed by atoms with Crippen molar-refractivity contribution in [3.05, 3.63) is 33.0 Å². The number of hydrogen-bond donors (Lipinski definition) is 0. The topological polar surface area (TPSA) is 43.6 Å². The average molecular weight is 366 g/mol. The highest BCUT2D eigenvalue weighted by Gasteiger charge is 2.15. The number of benzene rings is 1. The van der Waals surface area contributed by atoms with Crippen molar-refractivity contribution < 1.29 is 0 Å². The van der Waals surface area contributed by atoms with Gasteiger partial charge in [-0.25, -0.2) is 0 Å². The van der Waals surface area contributed by atoms with Crippen LogP contribution in [0.4, 0.5) is 0 Å². The monoisotopic (exact) mass is 364 g/mol. The van der Waals surface area contributed by atoms with Crippen molar-refractivity contribution in [2.75, 3.05) is 0 Å². The Bertz CT molecular complexity index is 512. The third kappa shape index (κ3) is 2.28. The molecule has 0 spiro atoms. The molecule has 2 rings (SSSR count). The first-order valence-electron chi connectivity index (χ1n) is 4.47. The number of hydrogen-bond acceptors (Lipinski definition) is 3. The molecule has 0 aliphatic heterocycles. The van der Waals surface area contributed by atoms with Crippen LogP contribution in [-0.2, 0) is 0 Å². The van der Waals surface area contributed by atoms with E-state index in [1.807, 2.05) is 25.1 Å². The molecule has 0 N–H and O–H groups in total. The maximum atomic E-state index is 6.00. The normalized spacial score (nSPS) is 12.8. The second-order valence-electron chi connectivity index (χ2n) is 3.16. The van der Waals surface area contributed by atoms with E-state index in [0.29, 0.717) is 5.82 Å². The molecule has 0 aliphatic carbocycles. The first-order valence-corrected chi connectivity index (χ1v) is 6.49. The van der Waals surface area contributed by atoms with Crippen molar-refractivity contribution in [2.24, 2.45) is 0 Å². The number of rotatable bonds is 2. The van der Waals surface area contributed by atoms with Gasteiger partial charge in [0.25, 0.3) is 0 Å². The highest BCUT2D eigenvalue weighted by atomic mass is 79.9. The smallest absolute Gasteiger partial charge is 0.174 e. The summed E-state index contributed by atoms with van der Waals surface area (Å²) in [6.45, 7) is 1.83. The minimum absolute atomic E-state index is 0.249. The SMILES string of the molecule is CC(Cl)c1nnnn1-c1cc(Br)ccc1Br. The number of alkyl halides is 1. The van der Waals surface area contributed by atoms with Crippen molar-refractivity contribution in [2.45, 2.75) is 12.3 Å². The Hall–Kier alpha value is -0.460. The zero-order valence-electron chi connectivity index (χ0n) is 8.23. The average Bonchev–Trinajstić information content (AvgIpc) is 2.70.